The van der Waals surface area contributed by atoms with Gasteiger partial charge < -0.3 is 10.1 Å². The first kappa shape index (κ1) is 15.7. The zero-order chi connectivity index (χ0) is 16.8. The molecule has 1 aliphatic rings. The van der Waals surface area contributed by atoms with E-state index >= 15 is 0 Å². The topological polar surface area (TPSA) is 87.9 Å². The minimum Gasteiger partial charge on any atom is -0.438 e. The maximum absolute atomic E-state index is 12.3. The molecule has 0 saturated heterocycles. The van der Waals surface area contributed by atoms with Crippen molar-refractivity contribution in [3.63, 3.8) is 0 Å². The molecule has 0 spiro atoms. The zero-order valence-electron chi connectivity index (χ0n) is 13.0. The number of nitrogens with zero attached hydrogens (tertiary/aromatic N) is 3. The van der Waals surface area contributed by atoms with Crippen LogP contribution in [0.2, 0.25) is 0 Å². The van der Waals surface area contributed by atoms with Crippen LogP contribution in [0, 0.1) is 11.3 Å². The number of nitrogens with one attached hydrogen (secondary N) is 1. The number of aromatic nitrogens is 2. The summed E-state index contributed by atoms with van der Waals surface area (Å²) in [4.78, 5) is 21.0. The first-order valence-electron chi connectivity index (χ1n) is 7.70. The molecule has 24 heavy (non-hydrogen) atoms. The number of rotatable bonds is 6. The number of allylic oxidation sites excluding steroid dienone is 1. The molecule has 0 bridgehead atoms. The van der Waals surface area contributed by atoms with Crippen molar-refractivity contribution < 1.29 is 9.53 Å². The van der Waals surface area contributed by atoms with Gasteiger partial charge in [-0.05, 0) is 25.0 Å². The summed E-state index contributed by atoms with van der Waals surface area (Å²) in [6.45, 7) is 0.252. The molecule has 6 nitrogen and oxygen atoms in total. The monoisotopic (exact) mass is 320 g/mol. The van der Waals surface area contributed by atoms with Crippen LogP contribution >= 0.6 is 0 Å². The molecular formula is C18H16N4O2. The molecule has 1 aromatic heterocycles. The van der Waals surface area contributed by atoms with Crippen LogP contribution in [-0.4, -0.2) is 22.4 Å². The van der Waals surface area contributed by atoms with E-state index in [1.807, 2.05) is 24.3 Å². The molecule has 6 heteroatoms. The van der Waals surface area contributed by atoms with E-state index in [1.165, 1.54) is 12.3 Å². The summed E-state index contributed by atoms with van der Waals surface area (Å²) >= 11 is 0. The molecule has 1 N–H and O–H groups in total. The van der Waals surface area contributed by atoms with E-state index in [0.717, 1.165) is 12.8 Å². The Morgan fingerprint density at radius 1 is 1.38 bits per heavy atom. The number of carbonyl (C=O) groups is 1. The molecule has 1 fully saturated rings. The van der Waals surface area contributed by atoms with Crippen molar-refractivity contribution in [1.29, 1.82) is 5.26 Å². The van der Waals surface area contributed by atoms with E-state index in [2.05, 4.69) is 15.3 Å². The van der Waals surface area contributed by atoms with E-state index in [0.29, 0.717) is 17.5 Å². The molecule has 0 aliphatic heterocycles. The summed E-state index contributed by atoms with van der Waals surface area (Å²) in [6, 6.07) is 11.1. The summed E-state index contributed by atoms with van der Waals surface area (Å²) in [5.74, 6) is 1.59. The van der Waals surface area contributed by atoms with Gasteiger partial charge in [0.2, 0.25) is 5.88 Å². The summed E-state index contributed by atoms with van der Waals surface area (Å²) in [5, 5.41) is 11.1. The van der Waals surface area contributed by atoms with E-state index in [1.54, 1.807) is 18.2 Å². The number of carbonyl (C=O) groups excluding carboxylic acids is 1. The highest BCUT2D eigenvalue weighted by molar-refractivity contribution is 5.96. The molecule has 3 rings (SSSR count). The average Bonchev–Trinajstić information content (AvgIpc) is 3.44. The minimum absolute atomic E-state index is 0.250. The Labute approximate surface area is 139 Å². The summed E-state index contributed by atoms with van der Waals surface area (Å²) < 4.78 is 5.79. The largest absolute Gasteiger partial charge is 0.438 e. The van der Waals surface area contributed by atoms with Crippen LogP contribution in [0.1, 0.15) is 34.9 Å². The van der Waals surface area contributed by atoms with Gasteiger partial charge in [-0.3, -0.25) is 4.79 Å². The van der Waals surface area contributed by atoms with Gasteiger partial charge in [0.15, 0.2) is 0 Å². The predicted molar refractivity (Wildman–Crippen MR) is 87.6 cm³/mol. The van der Waals surface area contributed by atoms with Crippen LogP contribution in [0.4, 0.5) is 0 Å². The van der Waals surface area contributed by atoms with E-state index in [-0.39, 0.29) is 23.9 Å². The quantitative estimate of drug-likeness (QED) is 0.827. The fraction of sp³-hybridized carbons (Fsp3) is 0.222. The summed E-state index contributed by atoms with van der Waals surface area (Å²) in [5.41, 5.74) is 0.272. The number of nitriles is 1. The first-order valence-corrected chi connectivity index (χ1v) is 7.70. The van der Waals surface area contributed by atoms with Crippen LogP contribution in [0.3, 0.4) is 0 Å². The van der Waals surface area contributed by atoms with Crippen molar-refractivity contribution in [2.24, 2.45) is 0 Å². The molecule has 120 valence electrons. The summed E-state index contributed by atoms with van der Waals surface area (Å²) in [7, 11) is 0. The number of amides is 1. The lowest BCUT2D eigenvalue weighted by Gasteiger charge is -2.11. The van der Waals surface area contributed by atoms with Crippen molar-refractivity contribution >= 4 is 5.91 Å². The van der Waals surface area contributed by atoms with Crippen LogP contribution < -0.4 is 10.1 Å². The van der Waals surface area contributed by atoms with Gasteiger partial charge in [0.25, 0.3) is 5.91 Å². The van der Waals surface area contributed by atoms with Gasteiger partial charge in [0.05, 0.1) is 6.07 Å². The molecule has 2 aromatic rings. The Bertz CT molecular complexity index is 792. The molecule has 0 unspecified atom stereocenters. The Morgan fingerprint density at radius 3 is 2.88 bits per heavy atom. The van der Waals surface area contributed by atoms with E-state index in [9.17, 15) is 4.79 Å². The first-order chi connectivity index (χ1) is 11.8. The van der Waals surface area contributed by atoms with E-state index in [4.69, 9.17) is 10.00 Å². The summed E-state index contributed by atoms with van der Waals surface area (Å²) in [6.07, 6.45) is 6.51. The fourth-order valence-electron chi connectivity index (χ4n) is 2.11. The normalized spacial score (nSPS) is 13.5. The molecule has 1 aromatic carbocycles. The number of ether oxygens (including phenoxy) is 1. The second kappa shape index (κ2) is 7.38. The number of benzene rings is 1. The highest BCUT2D eigenvalue weighted by atomic mass is 16.5. The third kappa shape index (κ3) is 3.96. The Hall–Kier alpha value is -3.20. The molecule has 1 aliphatic carbocycles. The number of para-hydroxylation sites is 1. The second-order valence-electron chi connectivity index (χ2n) is 5.38. The van der Waals surface area contributed by atoms with Gasteiger partial charge in [0.1, 0.15) is 17.1 Å². The van der Waals surface area contributed by atoms with Crippen molar-refractivity contribution in [2.75, 3.05) is 6.54 Å². The Balaban J connectivity index is 1.82. The van der Waals surface area contributed by atoms with Gasteiger partial charge >= 0.3 is 0 Å². The molecule has 1 amide bonds. The lowest BCUT2D eigenvalue weighted by atomic mass is 10.2. The van der Waals surface area contributed by atoms with E-state index < -0.39 is 0 Å². The average molecular weight is 320 g/mol. The van der Waals surface area contributed by atoms with Crippen molar-refractivity contribution in [3.8, 4) is 17.7 Å². The molecule has 0 atom stereocenters. The SMILES string of the molecule is N#C/C=C\CNC(=O)c1cnc(C2CC2)nc1Oc1ccccc1. The third-order valence-electron chi connectivity index (χ3n) is 3.49. The van der Waals surface area contributed by atoms with Gasteiger partial charge in [-0.1, -0.05) is 24.3 Å². The van der Waals surface area contributed by atoms with Gasteiger partial charge in [-0.25, -0.2) is 4.98 Å². The smallest absolute Gasteiger partial charge is 0.258 e. The highest BCUT2D eigenvalue weighted by Gasteiger charge is 2.28. The fourth-order valence-corrected chi connectivity index (χ4v) is 2.11. The van der Waals surface area contributed by atoms with Gasteiger partial charge in [-0.15, -0.1) is 0 Å². The zero-order valence-corrected chi connectivity index (χ0v) is 13.0. The number of hydrogen-bond donors (Lipinski definition) is 1. The van der Waals surface area contributed by atoms with Crippen LogP contribution in [0.5, 0.6) is 11.6 Å². The van der Waals surface area contributed by atoms with Crippen LogP contribution in [-0.2, 0) is 0 Å². The van der Waals surface area contributed by atoms with Gasteiger partial charge in [-0.2, -0.15) is 10.2 Å². The Kier molecular flexibility index (Phi) is 4.82. The van der Waals surface area contributed by atoms with Crippen LogP contribution in [0.25, 0.3) is 0 Å². The second-order valence-corrected chi connectivity index (χ2v) is 5.38. The van der Waals surface area contributed by atoms with Crippen molar-refractivity contribution in [3.05, 3.63) is 60.1 Å². The lowest BCUT2D eigenvalue weighted by molar-refractivity contribution is 0.0954. The predicted octanol–water partition coefficient (Wildman–Crippen LogP) is 2.96. The molecular weight excluding hydrogens is 304 g/mol. The Morgan fingerprint density at radius 2 is 2.17 bits per heavy atom. The maximum Gasteiger partial charge on any atom is 0.258 e. The molecule has 0 radical (unpaired) electrons. The number of hydrogen-bond acceptors (Lipinski definition) is 5. The standard InChI is InChI=1S/C18H16N4O2/c19-10-4-5-11-20-17(23)15-12-21-16(13-8-9-13)22-18(15)24-14-6-2-1-3-7-14/h1-7,12-13H,8-9,11H2,(H,20,23)/b5-4-. The maximum atomic E-state index is 12.3. The minimum atomic E-state index is -0.342. The van der Waals surface area contributed by atoms with Crippen LogP contribution in [0.15, 0.2) is 48.7 Å². The van der Waals surface area contributed by atoms with Crippen molar-refractivity contribution in [1.82, 2.24) is 15.3 Å². The van der Waals surface area contributed by atoms with Crippen molar-refractivity contribution in [2.45, 2.75) is 18.8 Å². The third-order valence-corrected chi connectivity index (χ3v) is 3.49. The molecule has 1 saturated carbocycles. The van der Waals surface area contributed by atoms with Gasteiger partial charge in [0, 0.05) is 24.7 Å². The highest BCUT2D eigenvalue weighted by Crippen LogP contribution is 2.39. The lowest BCUT2D eigenvalue weighted by Crippen LogP contribution is -2.24. The molecule has 1 heterocycles.